The summed E-state index contributed by atoms with van der Waals surface area (Å²) >= 11 is 4.31. The number of hydrogen-bond acceptors (Lipinski definition) is 7. The lowest BCUT2D eigenvalue weighted by Gasteiger charge is -2.29. The van der Waals surface area contributed by atoms with Crippen LogP contribution in [0.3, 0.4) is 0 Å². The summed E-state index contributed by atoms with van der Waals surface area (Å²) in [7, 11) is -3.99. The van der Waals surface area contributed by atoms with Gasteiger partial charge >= 0.3 is 5.97 Å². The number of rotatable bonds is 7. The zero-order chi connectivity index (χ0) is 20.2. The second-order valence-electron chi connectivity index (χ2n) is 7.20. The molecular formula is C16H25N3O5S2. The van der Waals surface area contributed by atoms with Crippen LogP contribution in [0.25, 0.3) is 0 Å². The van der Waals surface area contributed by atoms with Gasteiger partial charge in [-0.15, -0.1) is 0 Å². The molecule has 1 atom stereocenters. The minimum Gasteiger partial charge on any atom is -0.459 e. The molecule has 26 heavy (non-hydrogen) atoms. The molecule has 0 saturated carbocycles. The molecule has 0 saturated heterocycles. The first-order chi connectivity index (χ1) is 11.7. The Labute approximate surface area is 159 Å². The summed E-state index contributed by atoms with van der Waals surface area (Å²) in [6, 6.07) is 1.60. The highest BCUT2D eigenvalue weighted by Crippen LogP contribution is 2.20. The monoisotopic (exact) mass is 403 g/mol. The standard InChI is InChI=1S/C16H25N3O5S2/c1-15(2,3)24-12(20)10-18-14(21)13(16(4,5)25)19-26(22,23)11-7-6-8-17-9-11/h6-9,13,19,25H,10H2,1-5H3,(H,18,21)/t13-/m1/s1. The van der Waals surface area contributed by atoms with E-state index in [-0.39, 0.29) is 11.4 Å². The highest BCUT2D eigenvalue weighted by Gasteiger charge is 2.36. The maximum atomic E-state index is 12.5. The average molecular weight is 404 g/mol. The van der Waals surface area contributed by atoms with Crippen LogP contribution in [-0.2, 0) is 24.3 Å². The number of esters is 1. The Kier molecular flexibility index (Phi) is 7.20. The van der Waals surface area contributed by atoms with E-state index < -0.39 is 38.3 Å². The Morgan fingerprint density at radius 1 is 1.27 bits per heavy atom. The summed E-state index contributed by atoms with van der Waals surface area (Å²) in [6.45, 7) is 7.89. The van der Waals surface area contributed by atoms with E-state index in [1.165, 1.54) is 24.5 Å². The minimum atomic E-state index is -3.99. The van der Waals surface area contributed by atoms with Crippen LogP contribution in [0, 0.1) is 0 Å². The summed E-state index contributed by atoms with van der Waals surface area (Å²) in [4.78, 5) is 27.9. The number of aromatic nitrogens is 1. The number of hydrogen-bond donors (Lipinski definition) is 3. The van der Waals surface area contributed by atoms with Gasteiger partial charge < -0.3 is 10.1 Å². The van der Waals surface area contributed by atoms with Crippen molar-refractivity contribution in [1.82, 2.24) is 15.0 Å². The largest absolute Gasteiger partial charge is 0.459 e. The second kappa shape index (κ2) is 8.36. The van der Waals surface area contributed by atoms with Gasteiger partial charge in [0.1, 0.15) is 23.1 Å². The molecule has 1 amide bonds. The molecule has 10 heteroatoms. The zero-order valence-electron chi connectivity index (χ0n) is 15.4. The average Bonchev–Trinajstić information content (AvgIpc) is 2.48. The van der Waals surface area contributed by atoms with Gasteiger partial charge in [-0.2, -0.15) is 17.4 Å². The molecule has 1 aromatic rings. The number of carbonyl (C=O) groups is 2. The predicted octanol–water partition coefficient (Wildman–Crippen LogP) is 0.895. The molecule has 0 aliphatic carbocycles. The smallest absolute Gasteiger partial charge is 0.325 e. The summed E-state index contributed by atoms with van der Waals surface area (Å²) in [6.07, 6.45) is 2.61. The molecule has 0 unspecified atom stereocenters. The highest BCUT2D eigenvalue weighted by atomic mass is 32.2. The van der Waals surface area contributed by atoms with Crippen LogP contribution in [0.4, 0.5) is 0 Å². The predicted molar refractivity (Wildman–Crippen MR) is 100 cm³/mol. The zero-order valence-corrected chi connectivity index (χ0v) is 17.1. The molecule has 0 aromatic carbocycles. The van der Waals surface area contributed by atoms with Crippen LogP contribution in [0.15, 0.2) is 29.4 Å². The van der Waals surface area contributed by atoms with Gasteiger partial charge in [-0.25, -0.2) is 8.42 Å². The Hall–Kier alpha value is -1.65. The van der Waals surface area contributed by atoms with E-state index >= 15 is 0 Å². The van der Waals surface area contributed by atoms with Gasteiger partial charge in [0.05, 0.1) is 0 Å². The van der Waals surface area contributed by atoms with Crippen LogP contribution >= 0.6 is 12.6 Å². The Morgan fingerprint density at radius 2 is 1.88 bits per heavy atom. The topological polar surface area (TPSA) is 114 Å². The van der Waals surface area contributed by atoms with E-state index in [1.807, 2.05) is 0 Å². The molecule has 0 spiro atoms. The van der Waals surface area contributed by atoms with E-state index in [4.69, 9.17) is 4.74 Å². The number of nitrogens with zero attached hydrogens (tertiary/aromatic N) is 1. The maximum Gasteiger partial charge on any atom is 0.325 e. The van der Waals surface area contributed by atoms with Crippen molar-refractivity contribution in [2.24, 2.45) is 0 Å². The van der Waals surface area contributed by atoms with Crippen molar-refractivity contribution in [2.75, 3.05) is 6.54 Å². The van der Waals surface area contributed by atoms with Gasteiger partial charge in [0.2, 0.25) is 15.9 Å². The fourth-order valence-electron chi connectivity index (χ4n) is 1.89. The number of amides is 1. The summed E-state index contributed by atoms with van der Waals surface area (Å²) < 4.78 is 31.3. The molecule has 8 nitrogen and oxygen atoms in total. The van der Waals surface area contributed by atoms with Gasteiger partial charge in [-0.1, -0.05) is 0 Å². The number of nitrogens with one attached hydrogen (secondary N) is 2. The summed E-state index contributed by atoms with van der Waals surface area (Å²) in [5.41, 5.74) is -0.689. The number of carbonyl (C=O) groups excluding carboxylic acids is 2. The van der Waals surface area contributed by atoms with Crippen molar-refractivity contribution in [3.8, 4) is 0 Å². The second-order valence-corrected chi connectivity index (χ2v) is 10.1. The molecule has 0 bridgehead atoms. The van der Waals surface area contributed by atoms with Gasteiger partial charge in [0.15, 0.2) is 0 Å². The Bertz CT molecular complexity index is 737. The van der Waals surface area contributed by atoms with Crippen LogP contribution in [-0.4, -0.2) is 48.2 Å². The molecule has 0 aliphatic rings. The lowest BCUT2D eigenvalue weighted by molar-refractivity contribution is -0.154. The fourth-order valence-corrected chi connectivity index (χ4v) is 3.46. The number of thiol groups is 1. The fraction of sp³-hybridized carbons (Fsp3) is 0.562. The third kappa shape index (κ3) is 7.30. The summed E-state index contributed by atoms with van der Waals surface area (Å²) in [5.74, 6) is -1.32. The van der Waals surface area contributed by atoms with E-state index in [0.29, 0.717) is 0 Å². The van der Waals surface area contributed by atoms with Crippen molar-refractivity contribution in [3.05, 3.63) is 24.5 Å². The lowest BCUT2D eigenvalue weighted by Crippen LogP contribution is -2.56. The SMILES string of the molecule is CC(C)(C)OC(=O)CNC(=O)[C@@H](NS(=O)(=O)c1cccnc1)C(C)(C)S. The van der Waals surface area contributed by atoms with Crippen LogP contribution in [0.1, 0.15) is 34.6 Å². The molecular weight excluding hydrogens is 378 g/mol. The van der Waals surface area contributed by atoms with Crippen LogP contribution in [0.2, 0.25) is 0 Å². The molecule has 146 valence electrons. The molecule has 0 radical (unpaired) electrons. The van der Waals surface area contributed by atoms with Gasteiger partial charge in [0.25, 0.3) is 0 Å². The van der Waals surface area contributed by atoms with Gasteiger partial charge in [-0.3, -0.25) is 14.6 Å². The third-order valence-corrected chi connectivity index (χ3v) is 4.68. The molecule has 0 aliphatic heterocycles. The Morgan fingerprint density at radius 3 is 2.35 bits per heavy atom. The van der Waals surface area contributed by atoms with Crippen molar-refractivity contribution >= 4 is 34.5 Å². The van der Waals surface area contributed by atoms with Crippen molar-refractivity contribution < 1.29 is 22.7 Å². The Balaban J connectivity index is 2.88. The van der Waals surface area contributed by atoms with E-state index in [0.717, 1.165) is 0 Å². The first kappa shape index (κ1) is 22.4. The number of sulfonamides is 1. The van der Waals surface area contributed by atoms with E-state index in [1.54, 1.807) is 34.6 Å². The first-order valence-corrected chi connectivity index (χ1v) is 9.80. The van der Waals surface area contributed by atoms with Gasteiger partial charge in [0, 0.05) is 17.1 Å². The van der Waals surface area contributed by atoms with Crippen LogP contribution in [0.5, 0.6) is 0 Å². The molecule has 1 aromatic heterocycles. The summed E-state index contributed by atoms with van der Waals surface area (Å²) in [5, 5.41) is 2.38. The van der Waals surface area contributed by atoms with Crippen molar-refractivity contribution in [1.29, 1.82) is 0 Å². The van der Waals surface area contributed by atoms with E-state index in [2.05, 4.69) is 27.7 Å². The highest BCUT2D eigenvalue weighted by molar-refractivity contribution is 7.89. The van der Waals surface area contributed by atoms with Crippen LogP contribution < -0.4 is 10.0 Å². The first-order valence-electron chi connectivity index (χ1n) is 7.87. The van der Waals surface area contributed by atoms with Crippen molar-refractivity contribution in [2.45, 2.75) is 55.9 Å². The van der Waals surface area contributed by atoms with Crippen molar-refractivity contribution in [3.63, 3.8) is 0 Å². The lowest BCUT2D eigenvalue weighted by atomic mass is 10.0. The quantitative estimate of drug-likeness (QED) is 0.460. The maximum absolute atomic E-state index is 12.5. The molecule has 1 heterocycles. The molecule has 2 N–H and O–H groups in total. The minimum absolute atomic E-state index is 0.0810. The number of ether oxygens (including phenoxy) is 1. The van der Waals surface area contributed by atoms with Gasteiger partial charge in [-0.05, 0) is 46.8 Å². The molecule has 1 rings (SSSR count). The third-order valence-electron chi connectivity index (χ3n) is 3.01. The van der Waals surface area contributed by atoms with E-state index in [9.17, 15) is 18.0 Å². The number of pyridine rings is 1. The normalized spacial score (nSPS) is 13.8. The molecule has 0 fully saturated rings.